The van der Waals surface area contributed by atoms with Crippen molar-refractivity contribution in [2.45, 2.75) is 45.4 Å². The van der Waals surface area contributed by atoms with Gasteiger partial charge in [-0.15, -0.1) is 11.3 Å². The highest BCUT2D eigenvalue weighted by Gasteiger charge is 2.32. The van der Waals surface area contributed by atoms with Crippen molar-refractivity contribution < 1.29 is 19.4 Å². The van der Waals surface area contributed by atoms with Crippen LogP contribution in [0.15, 0.2) is 67.0 Å². The minimum absolute atomic E-state index is 0.0578. The van der Waals surface area contributed by atoms with Crippen molar-refractivity contribution in [3.8, 4) is 10.4 Å². The number of benzene rings is 2. The SMILES string of the molecule is C[C@H]1CN(C(=O)OC(C)(C)C)CCN1C(=O)c1ccc(-c2cc3ncnc(NC(CO)c4ccccc4)c3s2)cc1. The molecule has 2 atom stereocenters. The van der Waals surface area contributed by atoms with Gasteiger partial charge in [0.25, 0.3) is 5.91 Å². The Morgan fingerprint density at radius 1 is 1.10 bits per heavy atom. The summed E-state index contributed by atoms with van der Waals surface area (Å²) < 4.78 is 6.39. The number of nitrogens with zero attached hydrogens (tertiary/aromatic N) is 4. The Morgan fingerprint density at radius 3 is 2.49 bits per heavy atom. The lowest BCUT2D eigenvalue weighted by Gasteiger charge is -2.40. The number of aliphatic hydroxyl groups excluding tert-OH is 1. The van der Waals surface area contributed by atoms with E-state index < -0.39 is 5.60 Å². The van der Waals surface area contributed by atoms with E-state index in [1.54, 1.807) is 16.2 Å². The molecular formula is C31H35N5O4S. The van der Waals surface area contributed by atoms with E-state index >= 15 is 0 Å². The molecule has 10 heteroatoms. The number of nitrogens with one attached hydrogen (secondary N) is 1. The highest BCUT2D eigenvalue weighted by Crippen LogP contribution is 2.37. The van der Waals surface area contributed by atoms with Crippen LogP contribution in [-0.2, 0) is 4.74 Å². The summed E-state index contributed by atoms with van der Waals surface area (Å²) in [4.78, 5) is 39.2. The molecule has 0 saturated carbocycles. The Bertz CT molecular complexity index is 1520. The van der Waals surface area contributed by atoms with Gasteiger partial charge in [-0.25, -0.2) is 14.8 Å². The van der Waals surface area contributed by atoms with Gasteiger partial charge in [-0.05, 0) is 57.0 Å². The van der Waals surface area contributed by atoms with Crippen LogP contribution in [0.25, 0.3) is 20.7 Å². The van der Waals surface area contributed by atoms with E-state index in [1.807, 2.05) is 93.3 Å². The molecule has 4 aromatic rings. The van der Waals surface area contributed by atoms with Gasteiger partial charge in [0.2, 0.25) is 0 Å². The molecular weight excluding hydrogens is 538 g/mol. The second kappa shape index (κ2) is 11.8. The first kappa shape index (κ1) is 28.5. The number of anilines is 1. The third-order valence-electron chi connectivity index (χ3n) is 6.96. The topological polar surface area (TPSA) is 108 Å². The maximum atomic E-state index is 13.3. The fraction of sp³-hybridized carbons (Fsp3) is 0.355. The van der Waals surface area contributed by atoms with Gasteiger partial charge in [-0.1, -0.05) is 42.5 Å². The van der Waals surface area contributed by atoms with Crippen molar-refractivity contribution in [2.24, 2.45) is 0 Å². The summed E-state index contributed by atoms with van der Waals surface area (Å²) in [5, 5.41) is 13.4. The molecule has 2 aromatic heterocycles. The molecule has 41 heavy (non-hydrogen) atoms. The average Bonchev–Trinajstić information content (AvgIpc) is 3.40. The van der Waals surface area contributed by atoms with Crippen molar-refractivity contribution in [2.75, 3.05) is 31.6 Å². The number of aliphatic hydroxyl groups is 1. The zero-order chi connectivity index (χ0) is 29.1. The van der Waals surface area contributed by atoms with Gasteiger partial charge in [-0.2, -0.15) is 0 Å². The van der Waals surface area contributed by atoms with Crippen LogP contribution in [0.3, 0.4) is 0 Å². The predicted molar refractivity (Wildman–Crippen MR) is 161 cm³/mol. The highest BCUT2D eigenvalue weighted by molar-refractivity contribution is 7.22. The minimum Gasteiger partial charge on any atom is -0.444 e. The number of ether oxygens (including phenoxy) is 1. The van der Waals surface area contributed by atoms with Gasteiger partial charge in [-0.3, -0.25) is 4.79 Å². The zero-order valence-electron chi connectivity index (χ0n) is 23.7. The summed E-state index contributed by atoms with van der Waals surface area (Å²) in [5.41, 5.74) is 2.80. The van der Waals surface area contributed by atoms with Gasteiger partial charge in [0.1, 0.15) is 17.7 Å². The smallest absolute Gasteiger partial charge is 0.410 e. The lowest BCUT2D eigenvalue weighted by Crippen LogP contribution is -2.56. The van der Waals surface area contributed by atoms with E-state index in [0.717, 1.165) is 26.2 Å². The third-order valence-corrected chi connectivity index (χ3v) is 8.14. The second-order valence-corrected chi connectivity index (χ2v) is 12.2. The number of rotatable bonds is 6. The van der Waals surface area contributed by atoms with Gasteiger partial charge < -0.3 is 25.0 Å². The Kier molecular flexibility index (Phi) is 8.23. The van der Waals surface area contributed by atoms with Crippen LogP contribution in [-0.4, -0.2) is 74.8 Å². The van der Waals surface area contributed by atoms with Crippen LogP contribution in [0, 0.1) is 0 Å². The molecule has 1 saturated heterocycles. The quantitative estimate of drug-likeness (QED) is 0.310. The van der Waals surface area contributed by atoms with E-state index in [4.69, 9.17) is 4.74 Å². The monoisotopic (exact) mass is 573 g/mol. The first-order valence-corrected chi connectivity index (χ1v) is 14.5. The molecule has 214 valence electrons. The van der Waals surface area contributed by atoms with Crippen LogP contribution in [0.5, 0.6) is 0 Å². The van der Waals surface area contributed by atoms with E-state index in [9.17, 15) is 14.7 Å². The Labute approximate surface area is 243 Å². The average molecular weight is 574 g/mol. The van der Waals surface area contributed by atoms with Crippen LogP contribution >= 0.6 is 11.3 Å². The third kappa shape index (κ3) is 6.49. The standard InChI is InChI=1S/C31H35N5O4S/c1-20-17-35(30(39)40-31(2,3)4)14-15-36(20)29(38)23-12-10-22(11-13-23)26-16-24-27(41-26)28(33-19-32-24)34-25(18-37)21-8-6-5-7-9-21/h5-13,16,19-20,25,37H,14-15,17-18H2,1-4H3,(H,32,33,34)/t20-,25?/m0/s1. The summed E-state index contributed by atoms with van der Waals surface area (Å²) in [6.45, 7) is 8.73. The van der Waals surface area contributed by atoms with Crippen molar-refractivity contribution in [1.82, 2.24) is 19.8 Å². The number of amides is 2. The molecule has 0 bridgehead atoms. The Balaban J connectivity index is 1.29. The Morgan fingerprint density at radius 2 is 1.83 bits per heavy atom. The molecule has 2 N–H and O–H groups in total. The molecule has 9 nitrogen and oxygen atoms in total. The number of thiophene rings is 1. The van der Waals surface area contributed by atoms with Crippen LogP contribution in [0.4, 0.5) is 10.6 Å². The van der Waals surface area contributed by atoms with Crippen molar-refractivity contribution in [3.05, 3.63) is 78.1 Å². The van der Waals surface area contributed by atoms with Gasteiger partial charge in [0.05, 0.1) is 22.9 Å². The summed E-state index contributed by atoms with van der Waals surface area (Å²) in [6, 6.07) is 18.9. The van der Waals surface area contributed by atoms with E-state index in [1.165, 1.54) is 6.33 Å². The number of carbonyl (C=O) groups excluding carboxylic acids is 2. The molecule has 0 radical (unpaired) electrons. The van der Waals surface area contributed by atoms with Crippen LogP contribution < -0.4 is 5.32 Å². The number of piperazine rings is 1. The van der Waals surface area contributed by atoms with Crippen molar-refractivity contribution in [3.63, 3.8) is 0 Å². The normalized spacial score (nSPS) is 16.5. The molecule has 0 aliphatic carbocycles. The van der Waals surface area contributed by atoms with Gasteiger partial charge in [0, 0.05) is 36.1 Å². The predicted octanol–water partition coefficient (Wildman–Crippen LogP) is 5.59. The minimum atomic E-state index is -0.557. The van der Waals surface area contributed by atoms with E-state index in [0.29, 0.717) is 31.0 Å². The fourth-order valence-electron chi connectivity index (χ4n) is 4.88. The molecule has 2 amide bonds. The number of aromatic nitrogens is 2. The van der Waals surface area contributed by atoms with Crippen molar-refractivity contribution in [1.29, 1.82) is 0 Å². The number of hydrogen-bond donors (Lipinski definition) is 2. The zero-order valence-corrected chi connectivity index (χ0v) is 24.5. The molecule has 1 aliphatic heterocycles. The van der Waals surface area contributed by atoms with Gasteiger partial charge >= 0.3 is 6.09 Å². The van der Waals surface area contributed by atoms with Crippen molar-refractivity contribution >= 4 is 39.4 Å². The lowest BCUT2D eigenvalue weighted by atomic mass is 10.1. The highest BCUT2D eigenvalue weighted by atomic mass is 32.1. The number of hydrogen-bond acceptors (Lipinski definition) is 8. The molecule has 3 heterocycles. The molecule has 2 aromatic carbocycles. The maximum absolute atomic E-state index is 13.3. The molecule has 0 spiro atoms. The van der Waals surface area contributed by atoms with Crippen LogP contribution in [0.1, 0.15) is 49.7 Å². The summed E-state index contributed by atoms with van der Waals surface area (Å²) >= 11 is 1.56. The summed E-state index contributed by atoms with van der Waals surface area (Å²) in [7, 11) is 0. The molecule has 1 fully saturated rings. The largest absolute Gasteiger partial charge is 0.444 e. The first-order chi connectivity index (χ1) is 19.6. The van der Waals surface area contributed by atoms with Crippen LogP contribution in [0.2, 0.25) is 0 Å². The van der Waals surface area contributed by atoms with Gasteiger partial charge in [0.15, 0.2) is 0 Å². The number of carbonyl (C=O) groups is 2. The maximum Gasteiger partial charge on any atom is 0.410 e. The van der Waals surface area contributed by atoms with E-state index in [-0.39, 0.29) is 30.7 Å². The molecule has 1 unspecified atom stereocenters. The Hall–Kier alpha value is -4.02. The number of fused-ring (bicyclic) bond motifs is 1. The lowest BCUT2D eigenvalue weighted by molar-refractivity contribution is 0.00617. The van der Waals surface area contributed by atoms with E-state index in [2.05, 4.69) is 15.3 Å². The second-order valence-electron chi connectivity index (χ2n) is 11.2. The molecule has 1 aliphatic rings. The summed E-state index contributed by atoms with van der Waals surface area (Å²) in [5.74, 6) is 0.609. The molecule has 5 rings (SSSR count). The first-order valence-electron chi connectivity index (χ1n) is 13.7. The summed E-state index contributed by atoms with van der Waals surface area (Å²) in [6.07, 6.45) is 1.17. The fourth-order valence-corrected chi connectivity index (χ4v) is 5.95.